The molecule has 0 aliphatic heterocycles. The van der Waals surface area contributed by atoms with Crippen LogP contribution in [0.3, 0.4) is 0 Å². The largest absolute Gasteiger partial charge is 0.373 e. The summed E-state index contributed by atoms with van der Waals surface area (Å²) in [5, 5.41) is 6.70. The SMILES string of the molecule is CNc1cc(NC2CC(C)(C)CC(C)(C)C2)nc(C)n1. The molecular formula is C16H28N4. The van der Waals surface area contributed by atoms with Gasteiger partial charge in [0.05, 0.1) is 0 Å². The van der Waals surface area contributed by atoms with Gasteiger partial charge in [0.15, 0.2) is 0 Å². The maximum Gasteiger partial charge on any atom is 0.132 e. The molecule has 1 aromatic rings. The lowest BCUT2D eigenvalue weighted by Crippen LogP contribution is -2.40. The number of nitrogens with zero attached hydrogens (tertiary/aromatic N) is 2. The van der Waals surface area contributed by atoms with Crippen LogP contribution in [0.15, 0.2) is 6.07 Å². The molecular weight excluding hydrogens is 248 g/mol. The molecule has 0 spiro atoms. The Balaban J connectivity index is 2.15. The van der Waals surface area contributed by atoms with E-state index in [4.69, 9.17) is 0 Å². The van der Waals surface area contributed by atoms with E-state index in [9.17, 15) is 0 Å². The summed E-state index contributed by atoms with van der Waals surface area (Å²) in [7, 11) is 1.89. The van der Waals surface area contributed by atoms with Crippen LogP contribution in [0, 0.1) is 17.8 Å². The first-order valence-electron chi connectivity index (χ1n) is 7.49. The average Bonchev–Trinajstić information content (AvgIpc) is 2.23. The maximum atomic E-state index is 4.51. The van der Waals surface area contributed by atoms with Crippen LogP contribution in [0.5, 0.6) is 0 Å². The molecule has 2 rings (SSSR count). The Bertz CT molecular complexity index is 463. The molecule has 1 aliphatic carbocycles. The third-order valence-corrected chi connectivity index (χ3v) is 4.00. The van der Waals surface area contributed by atoms with Gasteiger partial charge in [-0.3, -0.25) is 0 Å². The topological polar surface area (TPSA) is 49.8 Å². The van der Waals surface area contributed by atoms with Crippen LogP contribution in [0.2, 0.25) is 0 Å². The van der Waals surface area contributed by atoms with Gasteiger partial charge < -0.3 is 10.6 Å². The number of aromatic nitrogens is 2. The van der Waals surface area contributed by atoms with Gasteiger partial charge in [0, 0.05) is 19.2 Å². The highest BCUT2D eigenvalue weighted by Gasteiger charge is 2.38. The van der Waals surface area contributed by atoms with Crippen molar-refractivity contribution in [3.8, 4) is 0 Å². The Morgan fingerprint density at radius 2 is 1.60 bits per heavy atom. The summed E-state index contributed by atoms with van der Waals surface area (Å²) in [5.41, 5.74) is 0.765. The molecule has 1 aliphatic rings. The predicted molar refractivity (Wildman–Crippen MR) is 85.1 cm³/mol. The van der Waals surface area contributed by atoms with Gasteiger partial charge >= 0.3 is 0 Å². The summed E-state index contributed by atoms with van der Waals surface area (Å²) in [4.78, 5) is 8.85. The fourth-order valence-electron chi connectivity index (χ4n) is 3.93. The minimum absolute atomic E-state index is 0.382. The van der Waals surface area contributed by atoms with Gasteiger partial charge in [0.1, 0.15) is 17.5 Å². The van der Waals surface area contributed by atoms with Crippen LogP contribution in [0.1, 0.15) is 52.8 Å². The first kappa shape index (κ1) is 15.1. The molecule has 0 unspecified atom stereocenters. The molecule has 0 aromatic carbocycles. The summed E-state index contributed by atoms with van der Waals surface area (Å²) in [5.74, 6) is 2.60. The van der Waals surface area contributed by atoms with Crippen LogP contribution in [0.25, 0.3) is 0 Å². The van der Waals surface area contributed by atoms with Crippen molar-refractivity contribution in [3.63, 3.8) is 0 Å². The molecule has 112 valence electrons. The fraction of sp³-hybridized carbons (Fsp3) is 0.750. The number of aryl methyl sites for hydroxylation is 1. The van der Waals surface area contributed by atoms with E-state index in [1.165, 1.54) is 19.3 Å². The van der Waals surface area contributed by atoms with Gasteiger partial charge in [0.25, 0.3) is 0 Å². The minimum atomic E-state index is 0.382. The Morgan fingerprint density at radius 3 is 2.15 bits per heavy atom. The van der Waals surface area contributed by atoms with E-state index in [0.29, 0.717) is 16.9 Å². The zero-order valence-electron chi connectivity index (χ0n) is 13.7. The molecule has 1 fully saturated rings. The summed E-state index contributed by atoms with van der Waals surface area (Å²) in [6, 6.07) is 2.47. The highest BCUT2D eigenvalue weighted by Crippen LogP contribution is 2.46. The molecule has 0 radical (unpaired) electrons. The summed E-state index contributed by atoms with van der Waals surface area (Å²) in [6.07, 6.45) is 3.66. The van der Waals surface area contributed by atoms with E-state index in [1.807, 2.05) is 20.0 Å². The molecule has 2 N–H and O–H groups in total. The average molecular weight is 276 g/mol. The molecule has 0 amide bonds. The third kappa shape index (κ3) is 3.84. The maximum absolute atomic E-state index is 4.51. The molecule has 4 heteroatoms. The van der Waals surface area contributed by atoms with Crippen LogP contribution in [-0.2, 0) is 0 Å². The van der Waals surface area contributed by atoms with Gasteiger partial charge in [-0.1, -0.05) is 27.7 Å². The van der Waals surface area contributed by atoms with Crippen molar-refractivity contribution in [2.75, 3.05) is 17.7 Å². The minimum Gasteiger partial charge on any atom is -0.373 e. The molecule has 1 aromatic heterocycles. The summed E-state index contributed by atoms with van der Waals surface area (Å²) >= 11 is 0. The molecule has 4 nitrogen and oxygen atoms in total. The molecule has 0 bridgehead atoms. The van der Waals surface area contributed by atoms with Crippen molar-refractivity contribution in [2.45, 2.75) is 59.9 Å². The fourth-order valence-corrected chi connectivity index (χ4v) is 3.93. The van der Waals surface area contributed by atoms with E-state index in [0.717, 1.165) is 17.5 Å². The lowest BCUT2D eigenvalue weighted by atomic mass is 9.63. The summed E-state index contributed by atoms with van der Waals surface area (Å²) < 4.78 is 0. The Kier molecular flexibility index (Phi) is 3.94. The van der Waals surface area contributed by atoms with Crippen molar-refractivity contribution < 1.29 is 0 Å². The third-order valence-electron chi connectivity index (χ3n) is 4.00. The van der Waals surface area contributed by atoms with Gasteiger partial charge in [-0.15, -0.1) is 0 Å². The summed E-state index contributed by atoms with van der Waals surface area (Å²) in [6.45, 7) is 11.4. The van der Waals surface area contributed by atoms with Crippen molar-refractivity contribution in [3.05, 3.63) is 11.9 Å². The number of hydrogen-bond donors (Lipinski definition) is 2. The Labute approximate surface area is 122 Å². The van der Waals surface area contributed by atoms with Crippen LogP contribution < -0.4 is 10.6 Å². The second-order valence-corrected chi connectivity index (χ2v) is 7.69. The van der Waals surface area contributed by atoms with E-state index in [-0.39, 0.29) is 0 Å². The predicted octanol–water partition coefficient (Wildman–Crippen LogP) is 3.84. The molecule has 20 heavy (non-hydrogen) atoms. The second-order valence-electron chi connectivity index (χ2n) is 7.69. The first-order chi connectivity index (χ1) is 9.19. The normalized spacial score (nSPS) is 21.5. The highest BCUT2D eigenvalue weighted by atomic mass is 15.1. The second kappa shape index (κ2) is 5.23. The standard InChI is InChI=1S/C16H28N4/c1-11-18-13(17-6)7-14(19-11)20-12-8-15(2,3)10-16(4,5)9-12/h7,12H,8-10H2,1-6H3,(H2,17,18,19,20). The zero-order valence-corrected chi connectivity index (χ0v) is 13.7. The monoisotopic (exact) mass is 276 g/mol. The van der Waals surface area contributed by atoms with Crippen LogP contribution >= 0.6 is 0 Å². The molecule has 1 saturated carbocycles. The number of rotatable bonds is 3. The molecule has 1 heterocycles. The Morgan fingerprint density at radius 1 is 1.05 bits per heavy atom. The van der Waals surface area contributed by atoms with Gasteiger partial charge in [0.2, 0.25) is 0 Å². The van der Waals surface area contributed by atoms with Gasteiger partial charge in [-0.25, -0.2) is 9.97 Å². The number of hydrogen-bond acceptors (Lipinski definition) is 4. The van der Waals surface area contributed by atoms with Crippen molar-refractivity contribution >= 4 is 11.6 Å². The Hall–Kier alpha value is -1.32. The first-order valence-corrected chi connectivity index (χ1v) is 7.49. The lowest BCUT2D eigenvalue weighted by molar-refractivity contribution is 0.105. The molecule has 0 saturated heterocycles. The van der Waals surface area contributed by atoms with Crippen molar-refractivity contribution in [2.24, 2.45) is 10.8 Å². The lowest BCUT2D eigenvalue weighted by Gasteiger charge is -2.45. The van der Waals surface area contributed by atoms with Crippen LogP contribution in [-0.4, -0.2) is 23.1 Å². The van der Waals surface area contributed by atoms with Crippen molar-refractivity contribution in [1.82, 2.24) is 9.97 Å². The van der Waals surface area contributed by atoms with E-state index in [1.54, 1.807) is 0 Å². The van der Waals surface area contributed by atoms with Crippen LogP contribution in [0.4, 0.5) is 11.6 Å². The van der Waals surface area contributed by atoms with E-state index in [2.05, 4.69) is 48.3 Å². The quantitative estimate of drug-likeness (QED) is 0.880. The van der Waals surface area contributed by atoms with E-state index < -0.39 is 0 Å². The smallest absolute Gasteiger partial charge is 0.132 e. The van der Waals surface area contributed by atoms with Crippen molar-refractivity contribution in [1.29, 1.82) is 0 Å². The number of anilines is 2. The van der Waals surface area contributed by atoms with Gasteiger partial charge in [-0.2, -0.15) is 0 Å². The zero-order chi connectivity index (χ0) is 15.0. The highest BCUT2D eigenvalue weighted by molar-refractivity contribution is 5.47. The molecule has 0 atom stereocenters. The van der Waals surface area contributed by atoms with E-state index >= 15 is 0 Å². The van der Waals surface area contributed by atoms with Gasteiger partial charge in [-0.05, 0) is 37.0 Å². The number of nitrogens with one attached hydrogen (secondary N) is 2.